The van der Waals surface area contributed by atoms with E-state index in [1.54, 1.807) is 12.1 Å². The number of primary amides is 1. The Morgan fingerprint density at radius 2 is 1.38 bits per heavy atom. The highest BCUT2D eigenvalue weighted by molar-refractivity contribution is 6.01. The van der Waals surface area contributed by atoms with E-state index in [1.807, 2.05) is 60.7 Å². The molecule has 0 aliphatic rings. The summed E-state index contributed by atoms with van der Waals surface area (Å²) in [6.45, 7) is 0.692. The second-order valence-electron chi connectivity index (χ2n) is 6.83. The maximum atomic E-state index is 12.8. The van der Waals surface area contributed by atoms with Crippen LogP contribution in [0.4, 0.5) is 5.69 Å². The van der Waals surface area contributed by atoms with Crippen molar-refractivity contribution in [1.29, 1.82) is 0 Å². The quantitative estimate of drug-likeness (QED) is 0.527. The van der Waals surface area contributed by atoms with E-state index < -0.39 is 11.9 Å². The number of rotatable bonds is 9. The molecule has 3 aromatic rings. The van der Waals surface area contributed by atoms with E-state index in [9.17, 15) is 9.59 Å². The number of hydrogen-bond donors (Lipinski definition) is 3. The van der Waals surface area contributed by atoms with Gasteiger partial charge in [0.1, 0.15) is 6.04 Å². The molecule has 0 heterocycles. The van der Waals surface area contributed by atoms with Crippen molar-refractivity contribution in [3.05, 3.63) is 102 Å². The number of anilines is 1. The summed E-state index contributed by atoms with van der Waals surface area (Å²) in [5.41, 5.74) is 8.89. The molecule has 2 amide bonds. The van der Waals surface area contributed by atoms with Gasteiger partial charge in [-0.15, -0.1) is 0 Å². The molecule has 0 saturated carbocycles. The van der Waals surface area contributed by atoms with E-state index >= 15 is 0 Å². The van der Waals surface area contributed by atoms with Crippen LogP contribution >= 0.6 is 0 Å². The highest BCUT2D eigenvalue weighted by Gasteiger charge is 2.20. The van der Waals surface area contributed by atoms with Crippen LogP contribution in [0.15, 0.2) is 84.9 Å². The van der Waals surface area contributed by atoms with Gasteiger partial charge in [-0.25, -0.2) is 0 Å². The second-order valence-corrected chi connectivity index (χ2v) is 6.83. The average molecular weight is 387 g/mol. The summed E-state index contributed by atoms with van der Waals surface area (Å²) in [4.78, 5) is 24.7. The van der Waals surface area contributed by atoms with E-state index in [0.717, 1.165) is 17.7 Å². The molecular formula is C24H25N3O2. The van der Waals surface area contributed by atoms with E-state index in [1.165, 1.54) is 5.56 Å². The fourth-order valence-electron chi connectivity index (χ4n) is 3.13. The monoisotopic (exact) mass is 387 g/mol. The molecule has 5 nitrogen and oxygen atoms in total. The van der Waals surface area contributed by atoms with Crippen molar-refractivity contribution in [1.82, 2.24) is 5.32 Å². The van der Waals surface area contributed by atoms with Gasteiger partial charge in [0.15, 0.2) is 0 Å². The molecule has 4 N–H and O–H groups in total. The molecule has 0 saturated heterocycles. The van der Waals surface area contributed by atoms with E-state index in [0.29, 0.717) is 18.5 Å². The molecule has 0 radical (unpaired) electrons. The van der Waals surface area contributed by atoms with Crippen LogP contribution in [-0.4, -0.2) is 24.4 Å². The molecule has 0 aromatic heterocycles. The number of nitrogens with two attached hydrogens (primary N) is 1. The Balaban J connectivity index is 1.65. The molecule has 0 spiro atoms. The Bertz CT molecular complexity index is 943. The summed E-state index contributed by atoms with van der Waals surface area (Å²) >= 11 is 0. The predicted molar refractivity (Wildman–Crippen MR) is 116 cm³/mol. The summed E-state index contributed by atoms with van der Waals surface area (Å²) in [7, 11) is 0. The lowest BCUT2D eigenvalue weighted by Gasteiger charge is -2.17. The van der Waals surface area contributed by atoms with Gasteiger partial charge >= 0.3 is 0 Å². The van der Waals surface area contributed by atoms with Crippen LogP contribution in [0.25, 0.3) is 0 Å². The average Bonchev–Trinajstić information content (AvgIpc) is 2.75. The van der Waals surface area contributed by atoms with Gasteiger partial charge in [0.05, 0.1) is 5.56 Å². The van der Waals surface area contributed by atoms with Gasteiger partial charge in [-0.05, 0) is 29.7 Å². The van der Waals surface area contributed by atoms with E-state index in [-0.39, 0.29) is 5.91 Å². The molecule has 3 rings (SSSR count). The first-order valence-electron chi connectivity index (χ1n) is 9.64. The molecule has 0 aliphatic carbocycles. The Morgan fingerprint density at radius 3 is 2.03 bits per heavy atom. The molecule has 0 aliphatic heterocycles. The minimum Gasteiger partial charge on any atom is -0.384 e. The van der Waals surface area contributed by atoms with Crippen LogP contribution < -0.4 is 16.4 Å². The third kappa shape index (κ3) is 5.94. The Kier molecular flexibility index (Phi) is 7.00. The first-order chi connectivity index (χ1) is 14.1. The molecule has 0 fully saturated rings. The fourth-order valence-corrected chi connectivity index (χ4v) is 3.13. The summed E-state index contributed by atoms with van der Waals surface area (Å²) in [5.74, 6) is -0.885. The second kappa shape index (κ2) is 10.1. The number of benzene rings is 3. The normalized spacial score (nSPS) is 11.4. The van der Waals surface area contributed by atoms with Gasteiger partial charge in [-0.2, -0.15) is 0 Å². The SMILES string of the molecule is NC(=O)C(Cc1ccccc1)NC(=O)c1ccccc1NCCc1ccccc1. The van der Waals surface area contributed by atoms with Crippen LogP contribution in [0.5, 0.6) is 0 Å². The van der Waals surface area contributed by atoms with Crippen molar-refractivity contribution >= 4 is 17.5 Å². The maximum Gasteiger partial charge on any atom is 0.254 e. The minimum absolute atomic E-state index is 0.326. The summed E-state index contributed by atoms with van der Waals surface area (Å²) < 4.78 is 0. The van der Waals surface area contributed by atoms with Crippen LogP contribution in [-0.2, 0) is 17.6 Å². The zero-order valence-electron chi connectivity index (χ0n) is 16.2. The third-order valence-electron chi connectivity index (χ3n) is 4.68. The predicted octanol–water partition coefficient (Wildman–Crippen LogP) is 3.17. The molecule has 148 valence electrons. The Morgan fingerprint density at radius 1 is 0.793 bits per heavy atom. The van der Waals surface area contributed by atoms with Gasteiger partial charge < -0.3 is 16.4 Å². The topological polar surface area (TPSA) is 84.2 Å². The molecule has 3 aromatic carbocycles. The first-order valence-corrected chi connectivity index (χ1v) is 9.64. The zero-order chi connectivity index (χ0) is 20.5. The minimum atomic E-state index is -0.776. The third-order valence-corrected chi connectivity index (χ3v) is 4.68. The summed E-state index contributed by atoms with van der Waals surface area (Å²) in [5, 5.41) is 6.09. The van der Waals surface area contributed by atoms with Crippen LogP contribution in [0.3, 0.4) is 0 Å². The number of hydrogen-bond acceptors (Lipinski definition) is 3. The van der Waals surface area contributed by atoms with Crippen molar-refractivity contribution in [2.75, 3.05) is 11.9 Å². The van der Waals surface area contributed by atoms with Gasteiger partial charge in [0, 0.05) is 18.7 Å². The van der Waals surface area contributed by atoms with Crippen LogP contribution in [0.2, 0.25) is 0 Å². The van der Waals surface area contributed by atoms with Crippen LogP contribution in [0.1, 0.15) is 21.5 Å². The van der Waals surface area contributed by atoms with Gasteiger partial charge in [-0.3, -0.25) is 9.59 Å². The van der Waals surface area contributed by atoms with Crippen molar-refractivity contribution < 1.29 is 9.59 Å². The van der Waals surface area contributed by atoms with Crippen molar-refractivity contribution in [3.8, 4) is 0 Å². The van der Waals surface area contributed by atoms with Gasteiger partial charge in [-0.1, -0.05) is 72.8 Å². The number of amides is 2. The molecule has 0 bridgehead atoms. The molecular weight excluding hydrogens is 362 g/mol. The van der Waals surface area contributed by atoms with Crippen molar-refractivity contribution in [2.45, 2.75) is 18.9 Å². The Hall–Kier alpha value is -3.60. The van der Waals surface area contributed by atoms with Crippen molar-refractivity contribution in [3.63, 3.8) is 0 Å². The first kappa shape index (κ1) is 20.1. The van der Waals surface area contributed by atoms with Gasteiger partial charge in [0.25, 0.3) is 5.91 Å². The number of para-hydroxylation sites is 1. The highest BCUT2D eigenvalue weighted by atomic mass is 16.2. The Labute approximate surface area is 170 Å². The zero-order valence-corrected chi connectivity index (χ0v) is 16.2. The van der Waals surface area contributed by atoms with Crippen molar-refractivity contribution in [2.24, 2.45) is 5.73 Å². The summed E-state index contributed by atoms with van der Waals surface area (Å²) in [6, 6.07) is 26.1. The lowest BCUT2D eigenvalue weighted by molar-refractivity contribution is -0.119. The molecule has 1 unspecified atom stereocenters. The lowest BCUT2D eigenvalue weighted by Crippen LogP contribution is -2.46. The maximum absolute atomic E-state index is 12.8. The molecule has 1 atom stereocenters. The largest absolute Gasteiger partial charge is 0.384 e. The number of nitrogens with one attached hydrogen (secondary N) is 2. The van der Waals surface area contributed by atoms with E-state index in [4.69, 9.17) is 5.73 Å². The number of carbonyl (C=O) groups is 2. The summed E-state index contributed by atoms with van der Waals surface area (Å²) in [6.07, 6.45) is 1.19. The van der Waals surface area contributed by atoms with E-state index in [2.05, 4.69) is 22.8 Å². The van der Waals surface area contributed by atoms with Gasteiger partial charge in [0.2, 0.25) is 5.91 Å². The molecule has 5 heteroatoms. The smallest absolute Gasteiger partial charge is 0.254 e. The number of carbonyl (C=O) groups excluding carboxylic acids is 2. The molecule has 29 heavy (non-hydrogen) atoms. The fraction of sp³-hybridized carbons (Fsp3) is 0.167. The highest BCUT2D eigenvalue weighted by Crippen LogP contribution is 2.16. The lowest BCUT2D eigenvalue weighted by atomic mass is 10.0. The standard InChI is InChI=1S/C24H25N3O2/c25-23(28)22(17-19-11-5-2-6-12-19)27-24(29)20-13-7-8-14-21(20)26-16-15-18-9-3-1-4-10-18/h1-14,22,26H,15-17H2,(H2,25,28)(H,27,29). The van der Waals surface area contributed by atoms with Crippen LogP contribution in [0, 0.1) is 0 Å².